The Hall–Kier alpha value is -0.878. The summed E-state index contributed by atoms with van der Waals surface area (Å²) in [5.74, 6) is 0.762. The van der Waals surface area contributed by atoms with Gasteiger partial charge in [0.25, 0.3) is 0 Å². The smallest absolute Gasteiger partial charge is 0.394 e. The van der Waals surface area contributed by atoms with Crippen LogP contribution in [0.2, 0.25) is 0 Å². The van der Waals surface area contributed by atoms with Gasteiger partial charge in [0.05, 0.1) is 17.6 Å². The zero-order chi connectivity index (χ0) is 20.6. The van der Waals surface area contributed by atoms with Gasteiger partial charge in [-0.3, -0.25) is 9.78 Å². The van der Waals surface area contributed by atoms with Gasteiger partial charge in [0.2, 0.25) is 5.91 Å². The molecule has 1 heterocycles. The van der Waals surface area contributed by atoms with Crippen LogP contribution in [-0.4, -0.2) is 51.6 Å². The molecule has 6 nitrogen and oxygen atoms in total. The molecule has 1 atom stereocenters. The van der Waals surface area contributed by atoms with E-state index in [2.05, 4.69) is 28.4 Å². The Morgan fingerprint density at radius 1 is 1.45 bits per heavy atom. The number of hydrogen-bond acceptors (Lipinski definition) is 4. The van der Waals surface area contributed by atoms with Crippen LogP contribution in [-0.2, 0) is 0 Å². The summed E-state index contributed by atoms with van der Waals surface area (Å²) in [7, 11) is 0. The van der Waals surface area contributed by atoms with Crippen molar-refractivity contribution in [2.24, 2.45) is 11.8 Å². The third-order valence-corrected chi connectivity index (χ3v) is 4.61. The topological polar surface area (TPSA) is 75.1 Å². The molecule has 2 saturated carbocycles. The first-order valence-electron chi connectivity index (χ1n) is 9.77. The first-order valence-corrected chi connectivity index (χ1v) is 9.77. The van der Waals surface area contributed by atoms with Crippen LogP contribution >= 0.6 is 0 Å². The molecule has 2 aliphatic carbocycles. The maximum absolute atomic E-state index is 13.0. The van der Waals surface area contributed by atoms with Crippen molar-refractivity contribution in [1.82, 2.24) is 15.3 Å². The number of aromatic nitrogens is 2. The summed E-state index contributed by atoms with van der Waals surface area (Å²) in [6, 6.07) is -0.253. The molecular weight excluding hydrogens is 604 g/mol. The number of amides is 1. The van der Waals surface area contributed by atoms with Gasteiger partial charge in [-0.25, -0.2) is 0 Å². The number of quaternary nitrogens is 1. The Morgan fingerprint density at radius 3 is 2.55 bits per heavy atom. The molecule has 158 valence electrons. The predicted octanol–water partition coefficient (Wildman–Crippen LogP) is 3.02. The van der Waals surface area contributed by atoms with E-state index in [1.807, 2.05) is 0 Å². The van der Waals surface area contributed by atoms with Crippen LogP contribution in [0.5, 0.6) is 0 Å². The standard InChI is InChI=1S/C16H22F2N4O2.C4H7.U/c1-2-22(17,18)8-4-3-5-13-9-20-14(10-19-13)16(24)21-15(11-23)12-6-7-12;1-4-2-3-4;/h3,5,10,12,15,23H,2,4,6-8,11H2,1H3,(H,21,24);4H,1-3H2;/q;-1;+2/b5-3+;;. The van der Waals surface area contributed by atoms with E-state index in [0.29, 0.717) is 11.6 Å². The molecule has 1 aromatic heterocycles. The molecule has 2 N–H and O–H groups in total. The van der Waals surface area contributed by atoms with Crippen molar-refractivity contribution in [1.29, 1.82) is 0 Å². The third kappa shape index (κ3) is 10.6. The molecule has 9 heteroatoms. The Balaban J connectivity index is 0.000000748. The molecule has 0 bridgehead atoms. The minimum atomic E-state index is -2.02. The van der Waals surface area contributed by atoms with Crippen LogP contribution in [0.1, 0.15) is 55.2 Å². The van der Waals surface area contributed by atoms with E-state index in [4.69, 9.17) is 0 Å². The Bertz CT molecular complexity index is 650. The fraction of sp³-hybridized carbons (Fsp3) is 0.600. The summed E-state index contributed by atoms with van der Waals surface area (Å²) in [6.07, 6.45) is 12.0. The number of rotatable bonds is 9. The Kier molecular flexibility index (Phi) is 11.5. The van der Waals surface area contributed by atoms with Crippen LogP contribution in [0.4, 0.5) is 8.96 Å². The molecule has 0 saturated heterocycles. The molecule has 3 rings (SSSR count). The average molecular weight is 634 g/mol. The van der Waals surface area contributed by atoms with E-state index in [0.717, 1.165) is 18.8 Å². The Labute approximate surface area is 195 Å². The van der Waals surface area contributed by atoms with Crippen LogP contribution in [0.25, 0.3) is 6.08 Å². The second-order valence-corrected chi connectivity index (χ2v) is 7.29. The third-order valence-electron chi connectivity index (χ3n) is 4.61. The van der Waals surface area contributed by atoms with Gasteiger partial charge in [-0.15, -0.1) is 12.2 Å². The summed E-state index contributed by atoms with van der Waals surface area (Å²) in [6.45, 7) is 4.57. The van der Waals surface area contributed by atoms with E-state index in [-0.39, 0.29) is 69.0 Å². The van der Waals surface area contributed by atoms with Crippen LogP contribution in [0.3, 0.4) is 0 Å². The molecule has 0 spiro atoms. The van der Waals surface area contributed by atoms with E-state index < -0.39 is 10.8 Å². The largest absolute Gasteiger partial charge is 2.00 e. The number of halogens is 2. The molecule has 1 amide bonds. The van der Waals surface area contributed by atoms with Crippen molar-refractivity contribution in [3.8, 4) is 0 Å². The van der Waals surface area contributed by atoms with Crippen LogP contribution in [0.15, 0.2) is 12.3 Å². The quantitative estimate of drug-likeness (QED) is 0.324. The number of hydrogen-bond donors (Lipinski definition) is 2. The summed E-state index contributed by atoms with van der Waals surface area (Å²) < 4.78 is 26.0. The van der Waals surface area contributed by atoms with Gasteiger partial charge in [-0.2, -0.15) is 5.92 Å². The van der Waals surface area contributed by atoms with Gasteiger partial charge in [0.15, 0.2) is 13.1 Å². The minimum absolute atomic E-state index is 0. The molecule has 1 unspecified atom stereocenters. The van der Waals surface area contributed by atoms with Gasteiger partial charge in [-0.1, -0.05) is 19.0 Å². The van der Waals surface area contributed by atoms with E-state index in [1.54, 1.807) is 12.2 Å². The first kappa shape index (κ1) is 26.2. The monoisotopic (exact) mass is 633 g/mol. The molecule has 2 aliphatic rings. The maximum Gasteiger partial charge on any atom is 2.00 e. The fourth-order valence-electron chi connectivity index (χ4n) is 2.28. The zero-order valence-corrected chi connectivity index (χ0v) is 20.9. The summed E-state index contributed by atoms with van der Waals surface area (Å²) in [4.78, 5) is 17.9. The number of aliphatic hydroxyl groups excluding tert-OH is 1. The molecule has 1 aromatic rings. The Morgan fingerprint density at radius 2 is 2.10 bits per heavy atom. The van der Waals surface area contributed by atoms with Crippen molar-refractivity contribution in [3.05, 3.63) is 36.8 Å². The number of carbonyl (C=O) groups excluding carboxylic acids is 1. The summed E-state index contributed by atoms with van der Waals surface area (Å²) in [5.41, 5.74) is 0.486. The van der Waals surface area contributed by atoms with Crippen LogP contribution < -0.4 is 5.32 Å². The summed E-state index contributed by atoms with van der Waals surface area (Å²) in [5, 5.41) is 12.0. The van der Waals surface area contributed by atoms with Gasteiger partial charge >= 0.3 is 31.1 Å². The fourth-order valence-corrected chi connectivity index (χ4v) is 2.28. The van der Waals surface area contributed by atoms with Crippen molar-refractivity contribution in [3.63, 3.8) is 0 Å². The van der Waals surface area contributed by atoms with Gasteiger partial charge in [0, 0.05) is 27.3 Å². The number of nitrogens with zero attached hydrogens (tertiary/aromatic N) is 3. The normalized spacial score (nSPS) is 17.1. The number of nitrogens with one attached hydrogen (secondary N) is 1. The van der Waals surface area contributed by atoms with Gasteiger partial charge in [0.1, 0.15) is 0 Å². The molecule has 29 heavy (non-hydrogen) atoms. The van der Waals surface area contributed by atoms with E-state index in [9.17, 15) is 18.9 Å². The van der Waals surface area contributed by atoms with Gasteiger partial charge in [-0.05, 0) is 31.4 Å². The van der Waals surface area contributed by atoms with Crippen molar-refractivity contribution in [2.75, 3.05) is 19.7 Å². The van der Waals surface area contributed by atoms with E-state index in [1.165, 1.54) is 26.0 Å². The number of aliphatic hydroxyl groups is 1. The zero-order valence-electron chi connectivity index (χ0n) is 16.8. The molecule has 2 fully saturated rings. The minimum Gasteiger partial charge on any atom is -0.394 e. The predicted molar refractivity (Wildman–Crippen MR) is 102 cm³/mol. The van der Waals surface area contributed by atoms with Gasteiger partial charge < -0.3 is 22.3 Å². The van der Waals surface area contributed by atoms with Crippen LogP contribution in [0, 0.1) is 56.1 Å². The second kappa shape index (κ2) is 12.7. The molecule has 0 radical (unpaired) electrons. The molecule has 0 aliphatic heterocycles. The molecular formula is C20H29F2N4O2U+. The molecule has 0 aromatic carbocycles. The number of carbonyl (C=O) groups is 1. The van der Waals surface area contributed by atoms with E-state index >= 15 is 0 Å². The van der Waals surface area contributed by atoms with Crippen molar-refractivity contribution in [2.45, 2.75) is 45.1 Å². The second-order valence-electron chi connectivity index (χ2n) is 7.29. The first-order chi connectivity index (χ1) is 13.3. The van der Waals surface area contributed by atoms with Crippen molar-refractivity contribution < 1.29 is 54.9 Å². The SMILES string of the molecule is CC[N+](F)(F)CC/C=C/c1[c-]nc(C(=O)NC(CO)C2CC2)cn1.[CH2-]C1CC1.[U+2]. The van der Waals surface area contributed by atoms with Crippen molar-refractivity contribution >= 4 is 12.0 Å². The maximum atomic E-state index is 13.0. The summed E-state index contributed by atoms with van der Waals surface area (Å²) >= 11 is 0. The average Bonchev–Trinajstić information content (AvgIpc) is 3.61.